The number of allylic oxidation sites excluding steroid dienone is 2. The van der Waals surface area contributed by atoms with Gasteiger partial charge in [0.05, 0.1) is 39.5 Å². The first-order valence-corrected chi connectivity index (χ1v) is 13.1. The zero-order valence-corrected chi connectivity index (χ0v) is 21.8. The third-order valence-corrected chi connectivity index (χ3v) is 8.46. The molecule has 0 amide bonds. The minimum absolute atomic E-state index is 0.0584. The van der Waals surface area contributed by atoms with E-state index in [4.69, 9.17) is 24.7 Å². The fourth-order valence-corrected chi connectivity index (χ4v) is 6.80. The van der Waals surface area contributed by atoms with Crippen LogP contribution >= 0.6 is 0 Å². The maximum Gasteiger partial charge on any atom is 0.265 e. The summed E-state index contributed by atoms with van der Waals surface area (Å²) in [5.41, 5.74) is 8.33. The van der Waals surface area contributed by atoms with Gasteiger partial charge in [0, 0.05) is 11.1 Å². The highest BCUT2D eigenvalue weighted by Crippen LogP contribution is 2.54. The molecule has 2 aliphatic rings. The molecule has 2 aliphatic heterocycles. The molecule has 10 heteroatoms. The molecule has 0 saturated heterocycles. The molecule has 0 spiro atoms. The molecule has 5 rings (SSSR count). The molecular weight excluding hydrogens is 506 g/mol. The summed E-state index contributed by atoms with van der Waals surface area (Å²) in [6, 6.07) is 21.6. The van der Waals surface area contributed by atoms with Gasteiger partial charge in [-0.25, -0.2) is 8.42 Å². The van der Waals surface area contributed by atoms with Gasteiger partial charge in [-0.15, -0.1) is 0 Å². The van der Waals surface area contributed by atoms with Crippen molar-refractivity contribution in [2.45, 2.75) is 12.5 Å². The Morgan fingerprint density at radius 1 is 0.947 bits per heavy atom. The van der Waals surface area contributed by atoms with E-state index in [0.717, 1.165) is 5.56 Å². The van der Waals surface area contributed by atoms with Gasteiger partial charge >= 0.3 is 0 Å². The zero-order chi connectivity index (χ0) is 27.0. The van der Waals surface area contributed by atoms with Crippen LogP contribution in [-0.4, -0.2) is 29.7 Å². The van der Waals surface area contributed by atoms with E-state index in [-0.39, 0.29) is 40.2 Å². The minimum Gasteiger partial charge on any atom is -0.493 e. The van der Waals surface area contributed by atoms with Gasteiger partial charge in [0.25, 0.3) is 10.0 Å². The van der Waals surface area contributed by atoms with Gasteiger partial charge < -0.3 is 24.7 Å². The molecule has 1 atom stereocenters. The summed E-state index contributed by atoms with van der Waals surface area (Å²) in [7, 11) is 0.120. The molecular formula is C28H25N3O6S. The van der Waals surface area contributed by atoms with Crippen LogP contribution in [0.1, 0.15) is 22.6 Å². The van der Waals surface area contributed by atoms with Crippen LogP contribution in [0.4, 0.5) is 5.69 Å². The second-order valence-electron chi connectivity index (χ2n) is 8.56. The second-order valence-corrected chi connectivity index (χ2v) is 10.4. The van der Waals surface area contributed by atoms with Crippen LogP contribution in [0.15, 0.2) is 83.1 Å². The lowest BCUT2D eigenvalue weighted by atomic mass is 9.87. The standard InChI is InChI=1S/C28H25N3O6S/c1-34-22-14-13-19(24(35-2)26(22)36-3)23-20(15-29)28(30)37-25-18-11-7-8-12-21(18)31(38(32,33)27(23)25)16-17-9-5-4-6-10-17/h4-14,23H,16,30H2,1-3H3/t23-/m1/s1. The Balaban J connectivity index is 1.81. The van der Waals surface area contributed by atoms with Crippen LogP contribution in [0, 0.1) is 11.3 Å². The molecule has 0 bridgehead atoms. The van der Waals surface area contributed by atoms with E-state index in [2.05, 4.69) is 6.07 Å². The molecule has 0 saturated carbocycles. The van der Waals surface area contributed by atoms with Gasteiger partial charge in [-0.05, 0) is 23.8 Å². The maximum atomic E-state index is 14.5. The van der Waals surface area contributed by atoms with Gasteiger partial charge in [-0.1, -0.05) is 48.5 Å². The lowest BCUT2D eigenvalue weighted by Crippen LogP contribution is -2.39. The summed E-state index contributed by atoms with van der Waals surface area (Å²) in [6.45, 7) is 0.0772. The Morgan fingerprint density at radius 2 is 1.63 bits per heavy atom. The summed E-state index contributed by atoms with van der Waals surface area (Å²) >= 11 is 0. The summed E-state index contributed by atoms with van der Waals surface area (Å²) in [5.74, 6) is -0.387. The number of ether oxygens (including phenoxy) is 4. The average Bonchev–Trinajstić information content (AvgIpc) is 2.94. The molecule has 3 aromatic rings. The van der Waals surface area contributed by atoms with Gasteiger partial charge in [0.15, 0.2) is 17.3 Å². The average molecular weight is 532 g/mol. The van der Waals surface area contributed by atoms with Crippen molar-refractivity contribution >= 4 is 21.5 Å². The van der Waals surface area contributed by atoms with Crippen LogP contribution < -0.4 is 24.2 Å². The van der Waals surface area contributed by atoms with Gasteiger partial charge in [-0.3, -0.25) is 4.31 Å². The SMILES string of the molecule is COc1ccc([C@@H]2C(C#N)=C(N)OC3=C2S(=O)(=O)N(Cc2ccccc2)c2ccccc23)c(OC)c1OC. The number of hydrogen-bond donors (Lipinski definition) is 1. The maximum absolute atomic E-state index is 14.5. The first-order chi connectivity index (χ1) is 18.4. The predicted molar refractivity (Wildman–Crippen MR) is 142 cm³/mol. The summed E-state index contributed by atoms with van der Waals surface area (Å²) in [4.78, 5) is -0.108. The Hall–Kier alpha value is -4.62. The largest absolute Gasteiger partial charge is 0.493 e. The molecule has 194 valence electrons. The molecule has 0 unspecified atom stereocenters. The van der Waals surface area contributed by atoms with Crippen molar-refractivity contribution in [2.24, 2.45) is 5.73 Å². The van der Waals surface area contributed by atoms with Crippen molar-refractivity contribution in [3.05, 3.63) is 99.8 Å². The van der Waals surface area contributed by atoms with Crippen molar-refractivity contribution in [3.63, 3.8) is 0 Å². The smallest absolute Gasteiger partial charge is 0.265 e. The molecule has 9 nitrogen and oxygen atoms in total. The molecule has 3 aromatic carbocycles. The molecule has 0 radical (unpaired) electrons. The van der Waals surface area contributed by atoms with Gasteiger partial charge in [0.1, 0.15) is 16.5 Å². The number of sulfonamides is 1. The number of hydrogen-bond acceptors (Lipinski definition) is 8. The first-order valence-electron chi connectivity index (χ1n) is 11.6. The number of benzene rings is 3. The van der Waals surface area contributed by atoms with Crippen LogP contribution in [0.25, 0.3) is 5.76 Å². The first kappa shape index (κ1) is 25.0. The minimum atomic E-state index is -4.24. The van der Waals surface area contributed by atoms with E-state index in [1.807, 2.05) is 30.3 Å². The van der Waals surface area contributed by atoms with E-state index in [1.165, 1.54) is 25.6 Å². The highest BCUT2D eigenvalue weighted by molar-refractivity contribution is 7.96. The highest BCUT2D eigenvalue weighted by Gasteiger charge is 2.48. The normalized spacial score (nSPS) is 17.6. The van der Waals surface area contributed by atoms with E-state index < -0.39 is 15.9 Å². The fraction of sp³-hybridized carbons (Fsp3) is 0.179. The number of nitrogens with two attached hydrogens (primary N) is 1. The van der Waals surface area contributed by atoms with Crippen molar-refractivity contribution < 1.29 is 27.4 Å². The third kappa shape index (κ3) is 3.79. The summed E-state index contributed by atoms with van der Waals surface area (Å²) in [5, 5.41) is 10.1. The fourth-order valence-electron chi connectivity index (χ4n) is 4.89. The zero-order valence-electron chi connectivity index (χ0n) is 21.0. The quantitative estimate of drug-likeness (QED) is 0.501. The number of methoxy groups -OCH3 is 3. The molecule has 2 N–H and O–H groups in total. The Bertz CT molecular complexity index is 1620. The highest BCUT2D eigenvalue weighted by atomic mass is 32.2. The summed E-state index contributed by atoms with van der Waals surface area (Å²) < 4.78 is 52.8. The van der Waals surface area contributed by atoms with Crippen LogP contribution in [0.5, 0.6) is 17.2 Å². The lowest BCUT2D eigenvalue weighted by molar-refractivity contribution is 0.320. The van der Waals surface area contributed by atoms with E-state index in [1.54, 1.807) is 36.4 Å². The van der Waals surface area contributed by atoms with Gasteiger partial charge in [-0.2, -0.15) is 5.26 Å². The molecule has 2 heterocycles. The van der Waals surface area contributed by atoms with Crippen LogP contribution in [0.3, 0.4) is 0 Å². The molecule has 38 heavy (non-hydrogen) atoms. The molecule has 0 aromatic heterocycles. The Kier molecular flexibility index (Phi) is 6.38. The molecule has 0 fully saturated rings. The monoisotopic (exact) mass is 531 g/mol. The number of fused-ring (bicyclic) bond motifs is 2. The van der Waals surface area contributed by atoms with Crippen molar-refractivity contribution in [1.82, 2.24) is 0 Å². The van der Waals surface area contributed by atoms with Crippen molar-refractivity contribution in [1.29, 1.82) is 5.26 Å². The number of para-hydroxylation sites is 1. The van der Waals surface area contributed by atoms with E-state index >= 15 is 0 Å². The Labute approximate surface area is 221 Å². The van der Waals surface area contributed by atoms with Crippen LogP contribution in [0.2, 0.25) is 0 Å². The summed E-state index contributed by atoms with van der Waals surface area (Å²) in [6.07, 6.45) is 0. The van der Waals surface area contributed by atoms with Crippen molar-refractivity contribution in [3.8, 4) is 23.3 Å². The number of nitriles is 1. The topological polar surface area (TPSA) is 124 Å². The second kappa shape index (κ2) is 9.68. The predicted octanol–water partition coefficient (Wildman–Crippen LogP) is 4.24. The lowest BCUT2D eigenvalue weighted by Gasteiger charge is -2.38. The van der Waals surface area contributed by atoms with E-state index in [0.29, 0.717) is 22.6 Å². The van der Waals surface area contributed by atoms with E-state index in [9.17, 15) is 13.7 Å². The van der Waals surface area contributed by atoms with Gasteiger partial charge in [0.2, 0.25) is 11.6 Å². The molecule has 0 aliphatic carbocycles. The van der Waals surface area contributed by atoms with Crippen LogP contribution in [-0.2, 0) is 21.3 Å². The third-order valence-electron chi connectivity index (χ3n) is 6.57. The number of nitrogens with zero attached hydrogens (tertiary/aromatic N) is 2. The Morgan fingerprint density at radius 3 is 2.29 bits per heavy atom. The number of rotatable bonds is 6. The van der Waals surface area contributed by atoms with Crippen molar-refractivity contribution in [2.75, 3.05) is 25.6 Å². The number of anilines is 1.